The highest BCUT2D eigenvalue weighted by atomic mass is 16.7. The monoisotopic (exact) mass is 304 g/mol. The second-order valence-corrected chi connectivity index (χ2v) is 6.34. The van der Waals surface area contributed by atoms with E-state index in [1.807, 2.05) is 13.8 Å². The molecule has 0 atom stereocenters. The highest BCUT2D eigenvalue weighted by molar-refractivity contribution is 5.55. The molecule has 0 radical (unpaired) electrons. The van der Waals surface area contributed by atoms with Crippen molar-refractivity contribution in [2.75, 3.05) is 25.1 Å². The molecule has 1 saturated heterocycles. The van der Waals surface area contributed by atoms with Crippen LogP contribution in [0.25, 0.3) is 0 Å². The lowest BCUT2D eigenvalue weighted by atomic mass is 9.87. The van der Waals surface area contributed by atoms with E-state index in [0.29, 0.717) is 24.6 Å². The molecule has 1 N–H and O–H groups in total. The van der Waals surface area contributed by atoms with Crippen LogP contribution in [0.2, 0.25) is 0 Å². The van der Waals surface area contributed by atoms with Gasteiger partial charge in [-0.05, 0) is 32.3 Å². The third kappa shape index (κ3) is 3.73. The standard InChI is InChI=1S/C16H24N4O2/c1-11-12(2)19-20-14(13(11)10-17)18-7-5-6-16(3,4)15-21-8-9-22-15/h15H,5-9H2,1-4H3,(H,18,20). The van der Waals surface area contributed by atoms with Crippen molar-refractivity contribution in [2.45, 2.75) is 46.8 Å². The summed E-state index contributed by atoms with van der Waals surface area (Å²) >= 11 is 0. The third-order valence-corrected chi connectivity index (χ3v) is 4.12. The van der Waals surface area contributed by atoms with Gasteiger partial charge < -0.3 is 14.8 Å². The lowest BCUT2D eigenvalue weighted by Crippen LogP contribution is -2.30. The summed E-state index contributed by atoms with van der Waals surface area (Å²) in [6.45, 7) is 10.1. The van der Waals surface area contributed by atoms with Crippen LogP contribution in [0.5, 0.6) is 0 Å². The molecule has 0 aromatic carbocycles. The Hall–Kier alpha value is -1.71. The second-order valence-electron chi connectivity index (χ2n) is 6.34. The highest BCUT2D eigenvalue weighted by Gasteiger charge is 2.33. The largest absolute Gasteiger partial charge is 0.367 e. The fraction of sp³-hybridized carbons (Fsp3) is 0.688. The molecule has 2 heterocycles. The Balaban J connectivity index is 1.87. The van der Waals surface area contributed by atoms with E-state index in [0.717, 1.165) is 30.6 Å². The summed E-state index contributed by atoms with van der Waals surface area (Å²) in [6.07, 6.45) is 1.78. The highest BCUT2D eigenvalue weighted by Crippen LogP contribution is 2.32. The summed E-state index contributed by atoms with van der Waals surface area (Å²) < 4.78 is 11.2. The summed E-state index contributed by atoms with van der Waals surface area (Å²) in [4.78, 5) is 0. The average Bonchev–Trinajstić information content (AvgIpc) is 3.02. The molecule has 1 fully saturated rings. The van der Waals surface area contributed by atoms with E-state index < -0.39 is 0 Å². The Labute approximate surface area is 131 Å². The van der Waals surface area contributed by atoms with Crippen LogP contribution in [0.3, 0.4) is 0 Å². The summed E-state index contributed by atoms with van der Waals surface area (Å²) in [5.41, 5.74) is 2.23. The Kier molecular flexibility index (Phi) is 5.33. The molecule has 1 aliphatic heterocycles. The first-order valence-corrected chi connectivity index (χ1v) is 7.67. The SMILES string of the molecule is Cc1nnc(NCCCC(C)(C)C2OCCO2)c(C#N)c1C. The summed E-state index contributed by atoms with van der Waals surface area (Å²) in [5, 5.41) is 20.6. The van der Waals surface area contributed by atoms with E-state index >= 15 is 0 Å². The molecule has 0 saturated carbocycles. The first-order valence-electron chi connectivity index (χ1n) is 7.67. The predicted molar refractivity (Wildman–Crippen MR) is 83.4 cm³/mol. The Morgan fingerprint density at radius 3 is 2.59 bits per heavy atom. The van der Waals surface area contributed by atoms with Gasteiger partial charge in [-0.15, -0.1) is 5.10 Å². The van der Waals surface area contributed by atoms with Crippen molar-refractivity contribution >= 4 is 5.82 Å². The number of anilines is 1. The van der Waals surface area contributed by atoms with Crippen molar-refractivity contribution in [1.29, 1.82) is 5.26 Å². The normalized spacial score (nSPS) is 15.8. The van der Waals surface area contributed by atoms with Crippen LogP contribution >= 0.6 is 0 Å². The second kappa shape index (κ2) is 7.03. The number of hydrogen-bond donors (Lipinski definition) is 1. The van der Waals surface area contributed by atoms with Crippen molar-refractivity contribution in [3.05, 3.63) is 16.8 Å². The summed E-state index contributed by atoms with van der Waals surface area (Å²) in [5.74, 6) is 0.566. The molecule has 0 amide bonds. The zero-order valence-electron chi connectivity index (χ0n) is 13.8. The number of aromatic nitrogens is 2. The van der Waals surface area contributed by atoms with Gasteiger partial charge in [0.1, 0.15) is 11.6 Å². The van der Waals surface area contributed by atoms with Crippen molar-refractivity contribution in [3.8, 4) is 6.07 Å². The van der Waals surface area contributed by atoms with E-state index in [-0.39, 0.29) is 11.7 Å². The topological polar surface area (TPSA) is 80.1 Å². The van der Waals surface area contributed by atoms with Crippen LogP contribution in [-0.4, -0.2) is 36.2 Å². The Bertz CT molecular complexity index is 560. The van der Waals surface area contributed by atoms with Crippen LogP contribution < -0.4 is 5.32 Å². The molecule has 0 aliphatic carbocycles. The maximum Gasteiger partial charge on any atom is 0.166 e. The number of nitriles is 1. The molecule has 1 aliphatic rings. The van der Waals surface area contributed by atoms with Gasteiger partial charge in [0.05, 0.1) is 18.9 Å². The quantitative estimate of drug-likeness (QED) is 0.814. The van der Waals surface area contributed by atoms with Gasteiger partial charge >= 0.3 is 0 Å². The number of nitrogens with one attached hydrogen (secondary N) is 1. The lowest BCUT2D eigenvalue weighted by molar-refractivity contribution is -0.122. The number of rotatable bonds is 6. The van der Waals surface area contributed by atoms with Crippen LogP contribution in [0.1, 0.15) is 43.5 Å². The molecule has 0 bridgehead atoms. The molecule has 0 spiro atoms. The molecule has 6 heteroatoms. The Morgan fingerprint density at radius 1 is 1.27 bits per heavy atom. The molecule has 1 aromatic heterocycles. The lowest BCUT2D eigenvalue weighted by Gasteiger charge is -2.29. The van der Waals surface area contributed by atoms with Crippen molar-refractivity contribution < 1.29 is 9.47 Å². The molecular weight excluding hydrogens is 280 g/mol. The minimum atomic E-state index is -0.122. The van der Waals surface area contributed by atoms with E-state index in [9.17, 15) is 5.26 Å². The van der Waals surface area contributed by atoms with E-state index in [4.69, 9.17) is 9.47 Å². The van der Waals surface area contributed by atoms with Crippen molar-refractivity contribution in [2.24, 2.45) is 5.41 Å². The first kappa shape index (κ1) is 16.7. The predicted octanol–water partition coefficient (Wildman–Crippen LogP) is 2.56. The molecule has 6 nitrogen and oxygen atoms in total. The van der Waals surface area contributed by atoms with Gasteiger partial charge in [0.25, 0.3) is 0 Å². The minimum absolute atomic E-state index is 0.0227. The number of ether oxygens (including phenoxy) is 2. The van der Waals surface area contributed by atoms with E-state index in [2.05, 4.69) is 35.4 Å². The summed E-state index contributed by atoms with van der Waals surface area (Å²) in [7, 11) is 0. The first-order chi connectivity index (χ1) is 10.5. The fourth-order valence-corrected chi connectivity index (χ4v) is 2.55. The Morgan fingerprint density at radius 2 is 1.95 bits per heavy atom. The molecule has 1 aromatic rings. The number of aryl methyl sites for hydroxylation is 1. The molecule has 22 heavy (non-hydrogen) atoms. The maximum atomic E-state index is 9.26. The minimum Gasteiger partial charge on any atom is -0.367 e. The zero-order valence-corrected chi connectivity index (χ0v) is 13.8. The van der Waals surface area contributed by atoms with Gasteiger partial charge in [-0.3, -0.25) is 0 Å². The molecule has 0 unspecified atom stereocenters. The van der Waals surface area contributed by atoms with Gasteiger partial charge in [0.15, 0.2) is 12.1 Å². The van der Waals surface area contributed by atoms with Crippen LogP contribution in [0.15, 0.2) is 0 Å². The van der Waals surface area contributed by atoms with Gasteiger partial charge in [0.2, 0.25) is 0 Å². The number of hydrogen-bond acceptors (Lipinski definition) is 6. The average molecular weight is 304 g/mol. The fourth-order valence-electron chi connectivity index (χ4n) is 2.55. The zero-order chi connectivity index (χ0) is 16.2. The van der Waals surface area contributed by atoms with Gasteiger partial charge in [0, 0.05) is 12.0 Å². The van der Waals surface area contributed by atoms with Crippen molar-refractivity contribution in [3.63, 3.8) is 0 Å². The maximum absolute atomic E-state index is 9.26. The molecule has 120 valence electrons. The van der Waals surface area contributed by atoms with Crippen LogP contribution in [0.4, 0.5) is 5.82 Å². The van der Waals surface area contributed by atoms with Crippen LogP contribution in [-0.2, 0) is 9.47 Å². The third-order valence-electron chi connectivity index (χ3n) is 4.12. The van der Waals surface area contributed by atoms with E-state index in [1.54, 1.807) is 0 Å². The molecular formula is C16H24N4O2. The van der Waals surface area contributed by atoms with E-state index in [1.165, 1.54) is 0 Å². The van der Waals surface area contributed by atoms with Gasteiger partial charge in [-0.1, -0.05) is 13.8 Å². The number of nitrogens with zero attached hydrogens (tertiary/aromatic N) is 3. The van der Waals surface area contributed by atoms with Crippen molar-refractivity contribution in [1.82, 2.24) is 10.2 Å². The van der Waals surface area contributed by atoms with Crippen LogP contribution in [0, 0.1) is 30.6 Å². The molecule has 2 rings (SSSR count). The summed E-state index contributed by atoms with van der Waals surface area (Å²) in [6, 6.07) is 2.20. The van der Waals surface area contributed by atoms with Gasteiger partial charge in [-0.25, -0.2) is 0 Å². The van der Waals surface area contributed by atoms with Gasteiger partial charge in [-0.2, -0.15) is 10.4 Å². The smallest absolute Gasteiger partial charge is 0.166 e.